The number of carboxylic acids is 1. The number of rotatable bonds is 8. The van der Waals surface area contributed by atoms with Crippen LogP contribution >= 0.6 is 0 Å². The quantitative estimate of drug-likeness (QED) is 0.721. The van der Waals surface area contributed by atoms with Gasteiger partial charge in [-0.15, -0.1) is 0 Å². The molecule has 0 radical (unpaired) electrons. The minimum atomic E-state index is -0.790. The van der Waals surface area contributed by atoms with Gasteiger partial charge in [-0.25, -0.2) is 0 Å². The van der Waals surface area contributed by atoms with Crippen molar-refractivity contribution in [1.82, 2.24) is 15.1 Å². The molecule has 0 amide bonds. The Morgan fingerprint density at radius 1 is 1.53 bits per heavy atom. The molecule has 2 N–H and O–H groups in total. The summed E-state index contributed by atoms with van der Waals surface area (Å²) >= 11 is 0. The van der Waals surface area contributed by atoms with Crippen LogP contribution in [0.15, 0.2) is 18.5 Å². The minimum absolute atomic E-state index is 0.593. The summed E-state index contributed by atoms with van der Waals surface area (Å²) < 4.78 is 1.83. The number of nitrogens with one attached hydrogen (secondary N) is 1. The lowest BCUT2D eigenvalue weighted by Gasteiger charge is -2.29. The lowest BCUT2D eigenvalue weighted by Crippen LogP contribution is -2.51. The Bertz CT molecular complexity index is 338. The number of aryl methyl sites for hydroxylation is 1. The molecule has 0 aliphatic carbocycles. The molecule has 1 atom stereocenters. The molecule has 5 nitrogen and oxygen atoms in total. The summed E-state index contributed by atoms with van der Waals surface area (Å²) in [5.41, 5.74) is -0.790. The van der Waals surface area contributed by atoms with E-state index in [0.717, 1.165) is 13.0 Å². The molecule has 1 heterocycles. The maximum Gasteiger partial charge on any atom is 0.323 e. The molecular weight excluding hydrogens is 218 g/mol. The Hall–Kier alpha value is -1.36. The highest BCUT2D eigenvalue weighted by Crippen LogP contribution is 2.18. The van der Waals surface area contributed by atoms with Gasteiger partial charge in [0.15, 0.2) is 0 Å². The summed E-state index contributed by atoms with van der Waals surface area (Å²) in [4.78, 5) is 11.3. The van der Waals surface area contributed by atoms with E-state index in [2.05, 4.69) is 10.4 Å². The van der Waals surface area contributed by atoms with E-state index in [9.17, 15) is 9.90 Å². The molecule has 1 aromatic heterocycles. The average molecular weight is 239 g/mol. The number of aliphatic carboxylic acids is 1. The van der Waals surface area contributed by atoms with Gasteiger partial charge in [-0.1, -0.05) is 13.8 Å². The Labute approximate surface area is 102 Å². The third kappa shape index (κ3) is 3.56. The number of likely N-dealkylation sites (N-methyl/N-ethyl adjacent to an activating group) is 1. The van der Waals surface area contributed by atoms with Crippen LogP contribution in [0.25, 0.3) is 0 Å². The van der Waals surface area contributed by atoms with Crippen molar-refractivity contribution < 1.29 is 9.90 Å². The van der Waals surface area contributed by atoms with Crippen LogP contribution in [0, 0.1) is 0 Å². The Morgan fingerprint density at radius 3 is 2.76 bits per heavy atom. The number of carbonyl (C=O) groups is 1. The van der Waals surface area contributed by atoms with Gasteiger partial charge in [0.05, 0.1) is 0 Å². The van der Waals surface area contributed by atoms with E-state index in [-0.39, 0.29) is 0 Å². The van der Waals surface area contributed by atoms with E-state index >= 15 is 0 Å². The highest BCUT2D eigenvalue weighted by Gasteiger charge is 2.34. The predicted octanol–water partition coefficient (Wildman–Crippen LogP) is 1.51. The monoisotopic (exact) mass is 239 g/mol. The molecule has 0 spiro atoms. The zero-order valence-corrected chi connectivity index (χ0v) is 10.5. The minimum Gasteiger partial charge on any atom is -0.480 e. The van der Waals surface area contributed by atoms with Crippen molar-refractivity contribution in [1.29, 1.82) is 0 Å². The topological polar surface area (TPSA) is 67.2 Å². The van der Waals surface area contributed by atoms with E-state index in [1.807, 2.05) is 30.8 Å². The predicted molar refractivity (Wildman–Crippen MR) is 65.8 cm³/mol. The van der Waals surface area contributed by atoms with Crippen molar-refractivity contribution in [2.75, 3.05) is 6.54 Å². The normalized spacial score (nSPS) is 14.5. The van der Waals surface area contributed by atoms with E-state index in [1.165, 1.54) is 0 Å². The van der Waals surface area contributed by atoms with Gasteiger partial charge < -0.3 is 10.4 Å². The molecule has 0 bridgehead atoms. The smallest absolute Gasteiger partial charge is 0.323 e. The number of carboxylic acid groups (broad SMARTS) is 1. The molecule has 0 saturated carbocycles. The lowest BCUT2D eigenvalue weighted by molar-refractivity contribution is -0.145. The first kappa shape index (κ1) is 13.7. The lowest BCUT2D eigenvalue weighted by atomic mass is 9.90. The van der Waals surface area contributed by atoms with Crippen LogP contribution in [0.3, 0.4) is 0 Å². The number of hydrogen-bond donors (Lipinski definition) is 2. The third-order valence-corrected chi connectivity index (χ3v) is 3.08. The van der Waals surface area contributed by atoms with Crippen LogP contribution in [0.5, 0.6) is 0 Å². The molecular formula is C12H21N3O2. The van der Waals surface area contributed by atoms with Crippen molar-refractivity contribution in [2.45, 2.75) is 45.2 Å². The largest absolute Gasteiger partial charge is 0.480 e. The highest BCUT2D eigenvalue weighted by molar-refractivity contribution is 5.78. The fraction of sp³-hybridized carbons (Fsp3) is 0.667. The molecule has 17 heavy (non-hydrogen) atoms. The van der Waals surface area contributed by atoms with Crippen LogP contribution in [-0.2, 0) is 11.3 Å². The van der Waals surface area contributed by atoms with Gasteiger partial charge >= 0.3 is 5.97 Å². The van der Waals surface area contributed by atoms with Crippen LogP contribution in [0.2, 0.25) is 0 Å². The van der Waals surface area contributed by atoms with Gasteiger partial charge in [-0.2, -0.15) is 5.10 Å². The Kier molecular flexibility index (Phi) is 5.15. The van der Waals surface area contributed by atoms with Crippen LogP contribution in [0.1, 0.15) is 33.1 Å². The summed E-state index contributed by atoms with van der Waals surface area (Å²) in [6, 6.07) is 1.87. The second kappa shape index (κ2) is 6.39. The van der Waals surface area contributed by atoms with E-state index in [0.29, 0.717) is 19.4 Å². The number of hydrogen-bond acceptors (Lipinski definition) is 3. The molecule has 0 fully saturated rings. The van der Waals surface area contributed by atoms with Gasteiger partial charge in [-0.05, 0) is 31.9 Å². The molecule has 96 valence electrons. The van der Waals surface area contributed by atoms with Gasteiger partial charge in [0.1, 0.15) is 5.54 Å². The first-order valence-electron chi connectivity index (χ1n) is 6.10. The van der Waals surface area contributed by atoms with E-state index in [1.54, 1.807) is 6.20 Å². The number of aromatic nitrogens is 2. The maximum atomic E-state index is 11.3. The molecule has 0 aromatic carbocycles. The molecule has 0 saturated heterocycles. The first-order valence-corrected chi connectivity index (χ1v) is 6.10. The standard InChI is InChI=1S/C12H21N3O2/c1-3-12(11(16)17,13-4-2)7-5-9-15-10-6-8-14-15/h6,8,10,13H,3-5,7,9H2,1-2H3,(H,16,17). The second-order valence-corrected chi connectivity index (χ2v) is 4.14. The SMILES string of the molecule is CCNC(CC)(CCCn1cccn1)C(=O)O. The molecule has 5 heteroatoms. The van der Waals surface area contributed by atoms with Gasteiger partial charge in [0.2, 0.25) is 0 Å². The van der Waals surface area contributed by atoms with Crippen LogP contribution in [-0.4, -0.2) is 32.9 Å². The van der Waals surface area contributed by atoms with Crippen LogP contribution in [0.4, 0.5) is 0 Å². The summed E-state index contributed by atoms with van der Waals surface area (Å²) in [7, 11) is 0. The fourth-order valence-corrected chi connectivity index (χ4v) is 2.04. The van der Waals surface area contributed by atoms with Crippen molar-refractivity contribution in [2.24, 2.45) is 0 Å². The second-order valence-electron chi connectivity index (χ2n) is 4.14. The molecule has 1 aromatic rings. The zero-order valence-electron chi connectivity index (χ0n) is 10.5. The Balaban J connectivity index is 2.51. The van der Waals surface area contributed by atoms with Gasteiger partial charge in [-0.3, -0.25) is 9.48 Å². The van der Waals surface area contributed by atoms with E-state index < -0.39 is 11.5 Å². The van der Waals surface area contributed by atoms with Gasteiger partial charge in [0.25, 0.3) is 0 Å². The van der Waals surface area contributed by atoms with Gasteiger partial charge in [0, 0.05) is 18.9 Å². The molecule has 1 unspecified atom stereocenters. The fourth-order valence-electron chi connectivity index (χ4n) is 2.04. The molecule has 0 aliphatic heterocycles. The summed E-state index contributed by atoms with van der Waals surface area (Å²) in [5, 5.41) is 16.5. The van der Waals surface area contributed by atoms with Crippen molar-refractivity contribution >= 4 is 5.97 Å². The highest BCUT2D eigenvalue weighted by atomic mass is 16.4. The molecule has 1 rings (SSSR count). The van der Waals surface area contributed by atoms with E-state index in [4.69, 9.17) is 0 Å². The summed E-state index contributed by atoms with van der Waals surface area (Å²) in [6.45, 7) is 5.26. The summed E-state index contributed by atoms with van der Waals surface area (Å²) in [6.07, 6.45) is 5.63. The Morgan fingerprint density at radius 2 is 2.29 bits per heavy atom. The zero-order chi connectivity index (χ0) is 12.7. The average Bonchev–Trinajstić information content (AvgIpc) is 2.80. The third-order valence-electron chi connectivity index (χ3n) is 3.08. The molecule has 0 aliphatic rings. The first-order chi connectivity index (χ1) is 8.14. The van der Waals surface area contributed by atoms with Crippen LogP contribution < -0.4 is 5.32 Å². The number of nitrogens with zero attached hydrogens (tertiary/aromatic N) is 2. The maximum absolute atomic E-state index is 11.3. The van der Waals surface area contributed by atoms with Crippen molar-refractivity contribution in [3.8, 4) is 0 Å². The van der Waals surface area contributed by atoms with Crippen molar-refractivity contribution in [3.05, 3.63) is 18.5 Å². The van der Waals surface area contributed by atoms with Crippen molar-refractivity contribution in [3.63, 3.8) is 0 Å². The summed E-state index contributed by atoms with van der Waals surface area (Å²) in [5.74, 6) is -0.762.